The van der Waals surface area contributed by atoms with E-state index in [4.69, 9.17) is 0 Å². The van der Waals surface area contributed by atoms with Crippen LogP contribution in [-0.4, -0.2) is 23.9 Å². The van der Waals surface area contributed by atoms with Crippen molar-refractivity contribution in [2.75, 3.05) is 19.0 Å². The first kappa shape index (κ1) is 7.12. The molecule has 0 N–H and O–H groups in total. The van der Waals surface area contributed by atoms with Crippen molar-refractivity contribution in [1.29, 1.82) is 0 Å². The maximum absolute atomic E-state index is 4.27. The van der Waals surface area contributed by atoms with E-state index in [1.54, 1.807) is 0 Å². The van der Waals surface area contributed by atoms with Crippen LogP contribution >= 0.6 is 0 Å². The van der Waals surface area contributed by atoms with Crippen LogP contribution in [-0.2, 0) is 6.54 Å². The van der Waals surface area contributed by atoms with Crippen LogP contribution in [0.2, 0.25) is 0 Å². The summed E-state index contributed by atoms with van der Waals surface area (Å²) in [6.07, 6.45) is 1.98. The second-order valence-corrected chi connectivity index (χ2v) is 2.42. The van der Waals surface area contributed by atoms with Gasteiger partial charge in [-0.05, 0) is 6.92 Å². The Morgan fingerprint density at radius 1 is 1.60 bits per heavy atom. The van der Waals surface area contributed by atoms with Gasteiger partial charge in [0, 0.05) is 32.9 Å². The summed E-state index contributed by atoms with van der Waals surface area (Å²) in [6.45, 7) is 3.01. The second-order valence-electron chi connectivity index (χ2n) is 2.42. The van der Waals surface area contributed by atoms with Gasteiger partial charge in [-0.1, -0.05) is 0 Å². The normalized spacial score (nSPS) is 9.90. The van der Waals surface area contributed by atoms with Crippen LogP contribution in [0.1, 0.15) is 6.92 Å². The molecule has 3 heteroatoms. The third-order valence-electron chi connectivity index (χ3n) is 1.41. The van der Waals surface area contributed by atoms with Gasteiger partial charge >= 0.3 is 0 Å². The van der Waals surface area contributed by atoms with Gasteiger partial charge in [-0.25, -0.2) is 0 Å². The highest BCUT2D eigenvalue weighted by Crippen LogP contribution is 2.04. The molecule has 1 aromatic rings. The molecule has 0 unspecified atom stereocenters. The van der Waals surface area contributed by atoms with Gasteiger partial charge in [0.1, 0.15) is 5.82 Å². The molecule has 0 saturated carbocycles. The van der Waals surface area contributed by atoms with E-state index in [-0.39, 0.29) is 0 Å². The molecule has 0 aliphatic carbocycles. The highest BCUT2D eigenvalue weighted by molar-refractivity contribution is 5.33. The molecule has 0 fully saturated rings. The minimum Gasteiger partial charge on any atom is -0.361 e. The molecular formula is C7H13N3. The highest BCUT2D eigenvalue weighted by atomic mass is 15.3. The fourth-order valence-electron chi connectivity index (χ4n) is 0.766. The van der Waals surface area contributed by atoms with Crippen LogP contribution < -0.4 is 4.90 Å². The summed E-state index contributed by atoms with van der Waals surface area (Å²) in [5.41, 5.74) is 0. The summed E-state index contributed by atoms with van der Waals surface area (Å²) in [4.78, 5) is 1.99. The Hall–Kier alpha value is -0.990. The van der Waals surface area contributed by atoms with Gasteiger partial charge in [0.25, 0.3) is 0 Å². The minimum absolute atomic E-state index is 0.938. The van der Waals surface area contributed by atoms with Crippen LogP contribution in [0.3, 0.4) is 0 Å². The van der Waals surface area contributed by atoms with E-state index >= 15 is 0 Å². The molecule has 10 heavy (non-hydrogen) atoms. The molecule has 0 aliphatic heterocycles. The fourth-order valence-corrected chi connectivity index (χ4v) is 0.766. The van der Waals surface area contributed by atoms with E-state index in [9.17, 15) is 0 Å². The molecule has 56 valence electrons. The monoisotopic (exact) mass is 139 g/mol. The zero-order valence-electron chi connectivity index (χ0n) is 6.70. The Morgan fingerprint density at radius 2 is 2.30 bits per heavy atom. The van der Waals surface area contributed by atoms with Gasteiger partial charge in [-0.15, -0.1) is 0 Å². The van der Waals surface area contributed by atoms with Crippen LogP contribution in [0.5, 0.6) is 0 Å². The lowest BCUT2D eigenvalue weighted by Gasteiger charge is -2.06. The Balaban J connectivity index is 2.78. The molecule has 0 saturated heterocycles. The molecule has 0 radical (unpaired) electrons. The Kier molecular flexibility index (Phi) is 1.94. The van der Waals surface area contributed by atoms with Crippen molar-refractivity contribution < 1.29 is 0 Å². The van der Waals surface area contributed by atoms with Crippen molar-refractivity contribution in [3.63, 3.8) is 0 Å². The number of aryl methyl sites for hydroxylation is 1. The Labute approximate surface area is 61.3 Å². The van der Waals surface area contributed by atoms with Crippen molar-refractivity contribution in [2.24, 2.45) is 0 Å². The lowest BCUT2D eigenvalue weighted by molar-refractivity contribution is 0.658. The standard InChI is InChI=1S/C7H13N3/c1-4-10-6-5-7(8-10)9(2)3/h5-6H,4H2,1-3H3. The van der Waals surface area contributed by atoms with Gasteiger partial charge < -0.3 is 4.90 Å². The molecule has 0 amide bonds. The van der Waals surface area contributed by atoms with E-state index in [1.165, 1.54) is 0 Å². The minimum atomic E-state index is 0.938. The smallest absolute Gasteiger partial charge is 0.150 e. The number of rotatable bonds is 2. The molecule has 0 atom stereocenters. The molecular weight excluding hydrogens is 126 g/mol. The third kappa shape index (κ3) is 1.29. The molecule has 0 aliphatic rings. The molecule has 1 heterocycles. The summed E-state index contributed by atoms with van der Waals surface area (Å²) >= 11 is 0. The zero-order valence-corrected chi connectivity index (χ0v) is 6.70. The predicted octanol–water partition coefficient (Wildman–Crippen LogP) is 0.969. The van der Waals surface area contributed by atoms with Crippen molar-refractivity contribution >= 4 is 5.82 Å². The van der Waals surface area contributed by atoms with E-state index in [1.807, 2.05) is 35.9 Å². The highest BCUT2D eigenvalue weighted by Gasteiger charge is 1.96. The number of anilines is 1. The third-order valence-corrected chi connectivity index (χ3v) is 1.41. The topological polar surface area (TPSA) is 21.1 Å². The van der Waals surface area contributed by atoms with Gasteiger partial charge in [-0.3, -0.25) is 4.68 Å². The van der Waals surface area contributed by atoms with Gasteiger partial charge in [-0.2, -0.15) is 5.10 Å². The summed E-state index contributed by atoms with van der Waals surface area (Å²) in [7, 11) is 3.98. The molecule has 1 aromatic heterocycles. The van der Waals surface area contributed by atoms with Crippen LogP contribution in [0.4, 0.5) is 5.82 Å². The molecule has 0 bridgehead atoms. The van der Waals surface area contributed by atoms with Crippen molar-refractivity contribution in [3.05, 3.63) is 12.3 Å². The number of hydrogen-bond donors (Lipinski definition) is 0. The largest absolute Gasteiger partial charge is 0.361 e. The van der Waals surface area contributed by atoms with Crippen LogP contribution in [0.25, 0.3) is 0 Å². The van der Waals surface area contributed by atoms with E-state index < -0.39 is 0 Å². The first-order valence-electron chi connectivity index (χ1n) is 3.45. The van der Waals surface area contributed by atoms with Crippen molar-refractivity contribution in [2.45, 2.75) is 13.5 Å². The van der Waals surface area contributed by atoms with E-state index in [0.29, 0.717) is 0 Å². The number of nitrogens with zero attached hydrogens (tertiary/aromatic N) is 3. The summed E-state index contributed by atoms with van der Waals surface area (Å²) < 4.78 is 1.91. The average molecular weight is 139 g/mol. The SMILES string of the molecule is CCn1ccc(N(C)C)n1. The van der Waals surface area contributed by atoms with E-state index in [2.05, 4.69) is 12.0 Å². The summed E-state index contributed by atoms with van der Waals surface area (Å²) in [5, 5.41) is 4.27. The molecule has 0 aromatic carbocycles. The predicted molar refractivity (Wildman–Crippen MR) is 42.2 cm³/mol. The zero-order chi connectivity index (χ0) is 7.56. The van der Waals surface area contributed by atoms with Crippen molar-refractivity contribution in [1.82, 2.24) is 9.78 Å². The summed E-state index contributed by atoms with van der Waals surface area (Å²) in [5.74, 6) is 1.02. The molecule has 1 rings (SSSR count). The van der Waals surface area contributed by atoms with Crippen molar-refractivity contribution in [3.8, 4) is 0 Å². The fraction of sp³-hybridized carbons (Fsp3) is 0.571. The van der Waals surface area contributed by atoms with Crippen LogP contribution in [0, 0.1) is 0 Å². The quantitative estimate of drug-likeness (QED) is 0.608. The lowest BCUT2D eigenvalue weighted by Crippen LogP contribution is -2.09. The molecule has 3 nitrogen and oxygen atoms in total. The number of aromatic nitrogens is 2. The Bertz CT molecular complexity index is 202. The van der Waals surface area contributed by atoms with E-state index in [0.717, 1.165) is 12.4 Å². The average Bonchev–Trinajstić information content (AvgIpc) is 2.34. The number of hydrogen-bond acceptors (Lipinski definition) is 2. The van der Waals surface area contributed by atoms with Gasteiger partial charge in [0.15, 0.2) is 0 Å². The van der Waals surface area contributed by atoms with Crippen LogP contribution in [0.15, 0.2) is 12.3 Å². The van der Waals surface area contributed by atoms with Gasteiger partial charge in [0.2, 0.25) is 0 Å². The molecule has 0 spiro atoms. The maximum atomic E-state index is 4.27. The first-order chi connectivity index (χ1) is 4.74. The first-order valence-corrected chi connectivity index (χ1v) is 3.45. The second kappa shape index (κ2) is 2.73. The van der Waals surface area contributed by atoms with Gasteiger partial charge in [0.05, 0.1) is 0 Å². The summed E-state index contributed by atoms with van der Waals surface area (Å²) in [6, 6.07) is 2.00. The lowest BCUT2D eigenvalue weighted by atomic mass is 10.6. The maximum Gasteiger partial charge on any atom is 0.150 e. The Morgan fingerprint density at radius 3 is 2.60 bits per heavy atom.